The Bertz CT molecular complexity index is 478. The molecule has 1 aliphatic carbocycles. The predicted molar refractivity (Wildman–Crippen MR) is 75.2 cm³/mol. The van der Waals surface area contributed by atoms with Crippen LogP contribution in [0, 0.1) is 0 Å². The molecule has 2 nitrogen and oxygen atoms in total. The summed E-state index contributed by atoms with van der Waals surface area (Å²) >= 11 is 6.21. The molecule has 0 saturated heterocycles. The largest absolute Gasteiger partial charge is 0.304 e. The Balaban J connectivity index is 2.55. The van der Waals surface area contributed by atoms with Crippen molar-refractivity contribution in [2.45, 2.75) is 30.0 Å². The van der Waals surface area contributed by atoms with E-state index in [4.69, 9.17) is 27.3 Å². The van der Waals surface area contributed by atoms with Crippen LogP contribution in [-0.4, -0.2) is 28.5 Å². The van der Waals surface area contributed by atoms with Gasteiger partial charge in [0.15, 0.2) is 0 Å². The van der Waals surface area contributed by atoms with E-state index in [1.807, 2.05) is 18.2 Å². The lowest BCUT2D eigenvalue weighted by Gasteiger charge is -2.44. The van der Waals surface area contributed by atoms with Gasteiger partial charge in [0.2, 0.25) is 0 Å². The second-order valence-corrected chi connectivity index (χ2v) is 5.27. The molecule has 1 aromatic rings. The fraction of sp³-hybridized carbons (Fsp3) is 0.462. The van der Waals surface area contributed by atoms with Crippen LogP contribution in [-0.2, 0) is 10.3 Å². The highest BCUT2D eigenvalue weighted by Crippen LogP contribution is 2.45. The van der Waals surface area contributed by atoms with Crippen molar-refractivity contribution in [1.29, 1.82) is 0 Å². The lowest BCUT2D eigenvalue weighted by atomic mass is 9.44. The molecule has 0 aromatic heterocycles. The smallest absolute Gasteiger partial charge is 0.146 e. The molecule has 0 heterocycles. The Morgan fingerprint density at radius 3 is 2.56 bits per heavy atom. The molecular weight excluding hydrogens is 243 g/mol. The van der Waals surface area contributed by atoms with Gasteiger partial charge in [0.05, 0.1) is 15.7 Å². The number of carbonyl (C=O) groups is 1. The molecule has 1 atom stereocenters. The van der Waals surface area contributed by atoms with Gasteiger partial charge in [-0.05, 0) is 30.3 Å². The van der Waals surface area contributed by atoms with E-state index in [9.17, 15) is 4.79 Å². The highest BCUT2D eigenvalue weighted by Gasteiger charge is 2.48. The van der Waals surface area contributed by atoms with Crippen molar-refractivity contribution in [1.82, 2.24) is 5.32 Å². The van der Waals surface area contributed by atoms with Crippen molar-refractivity contribution in [3.63, 3.8) is 0 Å². The fourth-order valence-electron chi connectivity index (χ4n) is 2.71. The number of nitrogens with one attached hydrogen (secondary N) is 1. The predicted octanol–water partition coefficient (Wildman–Crippen LogP) is 1.96. The van der Waals surface area contributed by atoms with Crippen LogP contribution in [0.15, 0.2) is 24.3 Å². The van der Waals surface area contributed by atoms with E-state index >= 15 is 0 Å². The minimum Gasteiger partial charge on any atom is -0.304 e. The van der Waals surface area contributed by atoms with Gasteiger partial charge in [0, 0.05) is 5.02 Å². The number of carbonyl (C=O) groups excluding carboxylic acids is 1. The molecule has 5 heteroatoms. The Hall–Kier alpha value is -0.730. The minimum atomic E-state index is -1.29. The van der Waals surface area contributed by atoms with E-state index in [2.05, 4.69) is 5.32 Å². The van der Waals surface area contributed by atoms with Crippen molar-refractivity contribution in [3.05, 3.63) is 34.9 Å². The van der Waals surface area contributed by atoms with Crippen LogP contribution in [0.3, 0.4) is 0 Å². The molecule has 1 fully saturated rings. The van der Waals surface area contributed by atoms with Gasteiger partial charge in [0.1, 0.15) is 11.3 Å². The van der Waals surface area contributed by atoms with E-state index in [0.717, 1.165) is 12.0 Å². The molecule has 1 N–H and O–H groups in total. The summed E-state index contributed by atoms with van der Waals surface area (Å²) < 4.78 is 0. The normalized spacial score (nSPS) is 27.1. The molecule has 0 aliphatic heterocycles. The molecule has 90 valence electrons. The summed E-state index contributed by atoms with van der Waals surface area (Å²) in [6.07, 6.45) is 1.94. The van der Waals surface area contributed by atoms with E-state index in [-0.39, 0.29) is 5.78 Å². The number of rotatable bonds is 2. The SMILES string of the molecule is [B]C1([B])CCC[C@@](NC)(c2ccccc2Cl)C1=O. The third-order valence-electron chi connectivity index (χ3n) is 3.71. The summed E-state index contributed by atoms with van der Waals surface area (Å²) in [4.78, 5) is 12.6. The maximum absolute atomic E-state index is 12.6. The van der Waals surface area contributed by atoms with Crippen molar-refractivity contribution >= 4 is 33.1 Å². The molecule has 1 aromatic carbocycles. The third kappa shape index (κ3) is 2.02. The van der Waals surface area contributed by atoms with Crippen molar-refractivity contribution in [2.75, 3.05) is 7.05 Å². The topological polar surface area (TPSA) is 29.1 Å². The quantitative estimate of drug-likeness (QED) is 0.821. The molecular formula is C13H14B2ClNO. The number of hydrogen-bond acceptors (Lipinski definition) is 2. The lowest BCUT2D eigenvalue weighted by Crippen LogP contribution is -2.55. The molecule has 2 rings (SSSR count). The summed E-state index contributed by atoms with van der Waals surface area (Å²) in [5.41, 5.74) is -0.126. The zero-order valence-corrected chi connectivity index (χ0v) is 11.1. The Kier molecular flexibility index (Phi) is 3.61. The van der Waals surface area contributed by atoms with Crippen LogP contribution >= 0.6 is 11.6 Å². The summed E-state index contributed by atoms with van der Waals surface area (Å²) in [5.74, 6) is -0.197. The Morgan fingerprint density at radius 1 is 1.28 bits per heavy atom. The Labute approximate surface area is 115 Å². The van der Waals surface area contributed by atoms with Gasteiger partial charge in [-0.25, -0.2) is 0 Å². The van der Waals surface area contributed by atoms with Crippen LogP contribution in [0.2, 0.25) is 10.2 Å². The first-order valence-corrected chi connectivity index (χ1v) is 6.38. The van der Waals surface area contributed by atoms with Crippen molar-refractivity contribution in [2.24, 2.45) is 0 Å². The molecule has 18 heavy (non-hydrogen) atoms. The van der Waals surface area contributed by atoms with Gasteiger partial charge in [0.25, 0.3) is 0 Å². The van der Waals surface area contributed by atoms with Gasteiger partial charge in [-0.2, -0.15) is 0 Å². The first kappa shape index (κ1) is 13.7. The lowest BCUT2D eigenvalue weighted by molar-refractivity contribution is -0.129. The van der Waals surface area contributed by atoms with Crippen molar-refractivity contribution < 1.29 is 4.79 Å². The van der Waals surface area contributed by atoms with Crippen LogP contribution in [0.25, 0.3) is 0 Å². The molecule has 1 aliphatic rings. The van der Waals surface area contributed by atoms with Gasteiger partial charge in [-0.1, -0.05) is 42.6 Å². The van der Waals surface area contributed by atoms with Crippen molar-refractivity contribution in [3.8, 4) is 0 Å². The number of Topliss-reactive ketones (excluding diaryl/α,β-unsaturated/α-hetero) is 1. The van der Waals surface area contributed by atoms with Crippen LogP contribution in [0.4, 0.5) is 0 Å². The average Bonchev–Trinajstić information content (AvgIpc) is 2.34. The zero-order chi connectivity index (χ0) is 13.4. The third-order valence-corrected chi connectivity index (χ3v) is 4.04. The monoisotopic (exact) mass is 257 g/mol. The number of hydrogen-bond donors (Lipinski definition) is 1. The second kappa shape index (κ2) is 4.75. The van der Waals surface area contributed by atoms with Crippen LogP contribution < -0.4 is 5.32 Å². The van der Waals surface area contributed by atoms with Crippen LogP contribution in [0.1, 0.15) is 24.8 Å². The minimum absolute atomic E-state index is 0.197. The summed E-state index contributed by atoms with van der Waals surface area (Å²) in [6.45, 7) is 0. The van der Waals surface area contributed by atoms with Gasteiger partial charge < -0.3 is 5.32 Å². The number of ketones is 1. The highest BCUT2D eigenvalue weighted by atomic mass is 35.5. The van der Waals surface area contributed by atoms with Gasteiger partial charge >= 0.3 is 0 Å². The van der Waals surface area contributed by atoms with Gasteiger partial charge in [-0.15, -0.1) is 0 Å². The van der Waals surface area contributed by atoms with Gasteiger partial charge in [-0.3, -0.25) is 4.79 Å². The summed E-state index contributed by atoms with van der Waals surface area (Å²) in [7, 11) is 13.5. The highest BCUT2D eigenvalue weighted by molar-refractivity contribution is 6.52. The molecule has 0 spiro atoms. The molecule has 0 bridgehead atoms. The number of halogens is 1. The molecule has 0 unspecified atom stereocenters. The molecule has 1 saturated carbocycles. The maximum atomic E-state index is 12.6. The first-order chi connectivity index (χ1) is 8.44. The fourth-order valence-corrected chi connectivity index (χ4v) is 3.00. The van der Waals surface area contributed by atoms with E-state index in [1.54, 1.807) is 13.1 Å². The zero-order valence-electron chi connectivity index (χ0n) is 10.4. The summed E-state index contributed by atoms with van der Waals surface area (Å²) in [5, 5.41) is 2.35. The summed E-state index contributed by atoms with van der Waals surface area (Å²) in [6, 6.07) is 7.31. The maximum Gasteiger partial charge on any atom is 0.146 e. The van der Waals surface area contributed by atoms with Crippen LogP contribution in [0.5, 0.6) is 0 Å². The average molecular weight is 257 g/mol. The van der Waals surface area contributed by atoms with E-state index in [0.29, 0.717) is 17.9 Å². The number of benzene rings is 1. The molecule has 4 radical (unpaired) electrons. The standard InChI is InChI=1S/C13H14B2ClNO/c1-17-12(9-5-2-3-6-10(9)16)7-4-8-13(14,15)11(12)18/h2-3,5-6,17H,4,7-8H2,1H3/t12-/m1/s1. The van der Waals surface area contributed by atoms with E-state index in [1.165, 1.54) is 0 Å². The molecule has 0 amide bonds. The Morgan fingerprint density at radius 2 is 1.94 bits per heavy atom. The number of likely N-dealkylation sites (N-methyl/N-ethyl adjacent to an activating group) is 1. The second-order valence-electron chi connectivity index (χ2n) is 4.86. The first-order valence-electron chi connectivity index (χ1n) is 6.00. The van der Waals surface area contributed by atoms with E-state index < -0.39 is 10.8 Å².